The summed E-state index contributed by atoms with van der Waals surface area (Å²) >= 11 is 0. The number of benzene rings is 3. The lowest BCUT2D eigenvalue weighted by Gasteiger charge is -2.36. The summed E-state index contributed by atoms with van der Waals surface area (Å²) in [4.78, 5) is 75.9. The standard InChI is InChI=1S/C40H42F2N2O14/c41-31-21-29-35(23-33(31)48)57-36-24-34(49)32(42)22-30(36)40(29)28-4-3-25(20-27(28)39(52)58-40)38(51)44(8-5-26(47)2-1-12-53-16-18-55-14-10-45)9-6-37(50)43-7-13-54-17-19-56-15-11-46/h3-4,10-11,20-24,48-49H,1-2,5-9,12-19H2,(H,43,50)/i10T,11T. The lowest BCUT2D eigenvalue weighted by molar-refractivity contribution is -0.121. The van der Waals surface area contributed by atoms with Crippen LogP contribution in [0.15, 0.2) is 42.5 Å². The van der Waals surface area contributed by atoms with E-state index in [-0.39, 0.29) is 137 Å². The molecule has 16 nitrogen and oxygen atoms in total. The van der Waals surface area contributed by atoms with Crippen molar-refractivity contribution < 1.29 is 78.9 Å². The number of nitrogens with one attached hydrogen (secondary N) is 1. The van der Waals surface area contributed by atoms with E-state index in [4.69, 9.17) is 31.2 Å². The molecular formula is C40H42F2N2O14. The zero-order valence-corrected chi connectivity index (χ0v) is 31.1. The predicted octanol–water partition coefficient (Wildman–Crippen LogP) is 3.10. The summed E-state index contributed by atoms with van der Waals surface area (Å²) in [5.74, 6) is -6.37. The van der Waals surface area contributed by atoms with Crippen LogP contribution in [-0.4, -0.2) is 124 Å². The Morgan fingerprint density at radius 3 is 1.98 bits per heavy atom. The van der Waals surface area contributed by atoms with Crippen LogP contribution in [0.25, 0.3) is 0 Å². The molecule has 1 spiro atoms. The van der Waals surface area contributed by atoms with E-state index in [1.165, 1.54) is 23.1 Å². The first-order valence-electron chi connectivity index (χ1n) is 19.2. The van der Waals surface area contributed by atoms with Crippen LogP contribution in [0.5, 0.6) is 23.0 Å². The van der Waals surface area contributed by atoms with E-state index in [0.29, 0.717) is 6.42 Å². The SMILES string of the molecule is [3H]C(=O)COCCOCCCC(=O)CCN(CCC(=O)NCCOCCOCC([3H])=O)C(=O)c1ccc2c(c1)C(=O)OC21c2cc(F)c(O)cc2Oc2cc(O)c(F)cc21. The fourth-order valence-corrected chi connectivity index (χ4v) is 6.38. The zero-order chi connectivity index (χ0) is 43.4. The number of halogens is 2. The Morgan fingerprint density at radius 1 is 0.776 bits per heavy atom. The highest BCUT2D eigenvalue weighted by molar-refractivity contribution is 6.02. The third-order valence-corrected chi connectivity index (χ3v) is 9.12. The lowest BCUT2D eigenvalue weighted by Crippen LogP contribution is -2.37. The molecule has 0 bridgehead atoms. The van der Waals surface area contributed by atoms with Gasteiger partial charge < -0.3 is 58.4 Å². The molecule has 2 aliphatic rings. The van der Waals surface area contributed by atoms with Gasteiger partial charge >= 0.3 is 5.97 Å². The van der Waals surface area contributed by atoms with Crippen molar-refractivity contribution in [3.05, 3.63) is 81.9 Å². The average Bonchev–Trinajstić information content (AvgIpc) is 3.49. The van der Waals surface area contributed by atoms with Crippen LogP contribution < -0.4 is 10.1 Å². The number of esters is 1. The zero-order valence-electron chi connectivity index (χ0n) is 33.1. The van der Waals surface area contributed by atoms with E-state index >= 15 is 0 Å². The predicted molar refractivity (Wildman–Crippen MR) is 196 cm³/mol. The Bertz CT molecular complexity index is 2020. The number of ether oxygens (including phenoxy) is 6. The molecule has 2 heterocycles. The van der Waals surface area contributed by atoms with Crippen molar-refractivity contribution in [3.63, 3.8) is 0 Å². The normalized spacial score (nSPS) is 13.7. The monoisotopic (exact) mass is 816 g/mol. The summed E-state index contributed by atoms with van der Waals surface area (Å²) in [5.41, 5.74) is -2.35. The highest BCUT2D eigenvalue weighted by atomic mass is 19.1. The maximum Gasteiger partial charge on any atom is 0.340 e. The summed E-state index contributed by atoms with van der Waals surface area (Å²) in [6.07, 6.45) is -1.55. The van der Waals surface area contributed by atoms with Crippen molar-refractivity contribution in [1.29, 1.82) is 0 Å². The lowest BCUT2D eigenvalue weighted by atomic mass is 9.77. The number of hydrogen-bond acceptors (Lipinski definition) is 14. The summed E-state index contributed by atoms with van der Waals surface area (Å²) in [6, 6.07) is 7.58. The minimum atomic E-state index is -2.03. The maximum absolute atomic E-state index is 14.9. The Morgan fingerprint density at radius 2 is 1.36 bits per heavy atom. The fraction of sp³-hybridized carbons (Fsp3) is 0.400. The highest BCUT2D eigenvalue weighted by Crippen LogP contribution is 2.57. The van der Waals surface area contributed by atoms with Crippen LogP contribution in [0, 0.1) is 11.6 Å². The van der Waals surface area contributed by atoms with Gasteiger partial charge in [0.15, 0.2) is 28.7 Å². The molecule has 0 saturated carbocycles. The topological polar surface area (TPSA) is 214 Å². The molecule has 0 radical (unpaired) electrons. The van der Waals surface area contributed by atoms with Crippen LogP contribution >= 0.6 is 0 Å². The van der Waals surface area contributed by atoms with Gasteiger partial charge in [0, 0.05) is 68.8 Å². The molecule has 3 N–H and O–H groups in total. The smallest absolute Gasteiger partial charge is 0.340 e. The summed E-state index contributed by atoms with van der Waals surface area (Å²) in [6.45, 7) is -0.0770. The Balaban J connectivity index is 1.30. The van der Waals surface area contributed by atoms with E-state index in [9.17, 15) is 47.8 Å². The number of ketones is 1. The Kier molecular flexibility index (Phi) is 14.3. The van der Waals surface area contributed by atoms with E-state index in [0.717, 1.165) is 24.3 Å². The highest BCUT2D eigenvalue weighted by Gasteiger charge is 2.54. The van der Waals surface area contributed by atoms with Crippen molar-refractivity contribution in [3.8, 4) is 23.0 Å². The second-order valence-electron chi connectivity index (χ2n) is 12.9. The first-order chi connectivity index (χ1) is 28.7. The number of carbonyl (C=O) groups excluding carboxylic acids is 6. The third kappa shape index (κ3) is 10.4. The molecule has 0 fully saturated rings. The number of fused-ring (bicyclic) bond motifs is 6. The van der Waals surface area contributed by atoms with Crippen molar-refractivity contribution in [2.24, 2.45) is 0 Å². The second kappa shape index (κ2) is 20.6. The number of nitrogens with zero attached hydrogens (tertiary/aromatic N) is 1. The van der Waals surface area contributed by atoms with Gasteiger partial charge in [-0.3, -0.25) is 14.4 Å². The maximum atomic E-state index is 14.9. The van der Waals surface area contributed by atoms with Gasteiger partial charge in [0.2, 0.25) is 5.91 Å². The number of carbonyl (C=O) groups is 6. The molecule has 0 unspecified atom stereocenters. The van der Waals surface area contributed by atoms with Crippen molar-refractivity contribution in [1.82, 2.24) is 10.2 Å². The Labute approximate surface area is 333 Å². The number of phenols is 2. The van der Waals surface area contributed by atoms with Crippen molar-refractivity contribution in [2.45, 2.75) is 31.3 Å². The molecule has 0 aliphatic carbocycles. The molecule has 18 heteroatoms. The number of hydrogen-bond donors (Lipinski definition) is 3. The molecule has 0 aromatic heterocycles. The van der Waals surface area contributed by atoms with Crippen molar-refractivity contribution >= 4 is 36.1 Å². The summed E-state index contributed by atoms with van der Waals surface area (Å²) < 4.78 is 75.6. The van der Waals surface area contributed by atoms with Gasteiger partial charge in [-0.2, -0.15) is 0 Å². The second-order valence-corrected chi connectivity index (χ2v) is 12.9. The van der Waals surface area contributed by atoms with Crippen molar-refractivity contribution in [2.75, 3.05) is 72.5 Å². The van der Waals surface area contributed by atoms with Crippen LogP contribution in [0.3, 0.4) is 0 Å². The van der Waals surface area contributed by atoms with Gasteiger partial charge in [0.05, 0.1) is 49.7 Å². The van der Waals surface area contributed by atoms with Gasteiger partial charge in [-0.15, -0.1) is 0 Å². The molecule has 2 aliphatic heterocycles. The number of aromatic hydroxyl groups is 2. The minimum Gasteiger partial charge on any atom is -0.505 e. The molecule has 2 amide bonds. The molecule has 3 aromatic rings. The van der Waals surface area contributed by atoms with Gasteiger partial charge in [0.25, 0.3) is 5.91 Å². The van der Waals surface area contributed by atoms with Crippen LogP contribution in [0.2, 0.25) is 0 Å². The van der Waals surface area contributed by atoms with Gasteiger partial charge in [0.1, 0.15) is 45.8 Å². The number of Topliss-reactive ketones (excluding diaryl/α,β-unsaturated/α-hetero) is 1. The minimum absolute atomic E-state index is 0.0395. The largest absolute Gasteiger partial charge is 0.505 e. The van der Waals surface area contributed by atoms with E-state index in [1.54, 1.807) is 0 Å². The summed E-state index contributed by atoms with van der Waals surface area (Å²) in [7, 11) is 0. The van der Waals surface area contributed by atoms with E-state index in [1.807, 2.05) is 0 Å². The third-order valence-electron chi connectivity index (χ3n) is 9.12. The van der Waals surface area contributed by atoms with Crippen LogP contribution in [-0.2, 0) is 48.5 Å². The van der Waals surface area contributed by atoms with E-state index in [2.05, 4.69) is 5.32 Å². The first kappa shape index (κ1) is 40.4. The fourth-order valence-electron chi connectivity index (χ4n) is 6.38. The Hall–Kier alpha value is -5.82. The molecule has 0 saturated heterocycles. The number of rotatable bonds is 24. The number of amides is 2. The van der Waals surface area contributed by atoms with Gasteiger partial charge in [-0.05, 0) is 30.7 Å². The summed E-state index contributed by atoms with van der Waals surface area (Å²) in [5, 5.41) is 22.9. The molecule has 0 atom stereocenters. The van der Waals surface area contributed by atoms with Gasteiger partial charge in [-0.1, -0.05) is 6.07 Å². The van der Waals surface area contributed by atoms with Crippen LogP contribution in [0.1, 0.15) is 65.8 Å². The first-order valence-corrected chi connectivity index (χ1v) is 18.2. The van der Waals surface area contributed by atoms with Gasteiger partial charge in [-0.25, -0.2) is 13.6 Å². The number of aldehydes is 2. The van der Waals surface area contributed by atoms with E-state index < -0.39 is 59.0 Å². The molecular weight excluding hydrogens is 770 g/mol. The molecule has 58 heavy (non-hydrogen) atoms. The average molecular weight is 817 g/mol. The molecule has 3 aromatic carbocycles. The quantitative estimate of drug-likeness (QED) is 0.0674. The number of phenolic OH excluding ortho intramolecular Hbond substituents is 2. The molecule has 310 valence electrons. The van der Waals surface area contributed by atoms with Crippen LogP contribution in [0.4, 0.5) is 8.78 Å². The molecule has 5 rings (SSSR count).